The Bertz CT molecular complexity index is 1030. The monoisotopic (exact) mass is 462 g/mol. The summed E-state index contributed by atoms with van der Waals surface area (Å²) < 4.78 is 16.0. The van der Waals surface area contributed by atoms with E-state index in [4.69, 9.17) is 25.8 Å². The first-order valence-electron chi connectivity index (χ1n) is 10.1. The van der Waals surface area contributed by atoms with E-state index < -0.39 is 17.0 Å². The molecule has 1 unspecified atom stereocenters. The number of amides is 1. The maximum absolute atomic E-state index is 13.4. The minimum absolute atomic E-state index is 0.110. The average Bonchev–Trinajstić information content (AvgIpc) is 2.95. The smallest absolute Gasteiger partial charge is 0.332 e. The van der Waals surface area contributed by atoms with Crippen molar-refractivity contribution in [2.24, 2.45) is 0 Å². The number of ether oxygens (including phenoxy) is 3. The minimum Gasteiger partial charge on any atom is -0.496 e. The molecule has 2 aromatic carbocycles. The lowest BCUT2D eigenvalue weighted by Crippen LogP contribution is -2.32. The fourth-order valence-electron chi connectivity index (χ4n) is 3.61. The molecule has 170 valence electrons. The van der Waals surface area contributed by atoms with Crippen LogP contribution in [0.2, 0.25) is 5.02 Å². The average molecular weight is 463 g/mol. The summed E-state index contributed by atoms with van der Waals surface area (Å²) in [6, 6.07) is 8.97. The van der Waals surface area contributed by atoms with Crippen LogP contribution in [0.1, 0.15) is 41.8 Å². The number of fused-ring (bicyclic) bond motifs is 1. The van der Waals surface area contributed by atoms with Crippen molar-refractivity contribution in [3.05, 3.63) is 62.7 Å². The molecule has 0 bridgehead atoms. The second-order valence-corrected chi connectivity index (χ2v) is 7.48. The third kappa shape index (κ3) is 5.17. The fourth-order valence-corrected chi connectivity index (χ4v) is 3.79. The zero-order valence-corrected chi connectivity index (χ0v) is 18.5. The maximum Gasteiger partial charge on any atom is 0.332 e. The summed E-state index contributed by atoms with van der Waals surface area (Å²) in [5.41, 5.74) is 1.29. The van der Waals surface area contributed by atoms with Gasteiger partial charge in [-0.1, -0.05) is 11.6 Å². The van der Waals surface area contributed by atoms with Crippen molar-refractivity contribution in [3.8, 4) is 5.75 Å². The van der Waals surface area contributed by atoms with E-state index in [1.807, 2.05) is 0 Å². The number of nitrogens with zero attached hydrogens (tertiary/aromatic N) is 2. The normalized spacial score (nSPS) is 15.5. The number of carbonyl (C=O) groups excluding carboxylic acids is 2. The number of benzene rings is 2. The number of carbonyl (C=O) groups is 2. The van der Waals surface area contributed by atoms with Gasteiger partial charge in [0.15, 0.2) is 0 Å². The Morgan fingerprint density at radius 1 is 1.25 bits per heavy atom. The molecule has 0 aromatic heterocycles. The molecule has 0 saturated heterocycles. The van der Waals surface area contributed by atoms with Gasteiger partial charge in [-0.25, -0.2) is 4.79 Å². The summed E-state index contributed by atoms with van der Waals surface area (Å²) in [5.74, 6) is -0.727. The molecule has 1 amide bonds. The van der Waals surface area contributed by atoms with Gasteiger partial charge in [0.1, 0.15) is 12.4 Å². The van der Waals surface area contributed by atoms with E-state index in [1.165, 1.54) is 25.3 Å². The van der Waals surface area contributed by atoms with E-state index in [1.54, 1.807) is 30.0 Å². The van der Waals surface area contributed by atoms with E-state index in [-0.39, 0.29) is 36.1 Å². The van der Waals surface area contributed by atoms with Crippen LogP contribution in [0.15, 0.2) is 36.4 Å². The molecule has 3 rings (SSSR count). The zero-order chi connectivity index (χ0) is 23.3. The highest BCUT2D eigenvalue weighted by molar-refractivity contribution is 6.30. The van der Waals surface area contributed by atoms with Gasteiger partial charge < -0.3 is 19.1 Å². The van der Waals surface area contributed by atoms with Crippen LogP contribution in [0, 0.1) is 10.1 Å². The SMILES string of the molecule is CCOC(=O)COC1CCCN(C(=O)c2ccc([N+](=O)[O-])cc2OC)c2ccc(Cl)cc21. The Kier molecular flexibility index (Phi) is 7.66. The number of nitro groups is 1. The predicted octanol–water partition coefficient (Wildman–Crippen LogP) is 4.32. The van der Waals surface area contributed by atoms with Gasteiger partial charge in [0.2, 0.25) is 0 Å². The number of halogens is 1. The third-order valence-electron chi connectivity index (χ3n) is 5.05. The van der Waals surface area contributed by atoms with E-state index in [9.17, 15) is 19.7 Å². The Morgan fingerprint density at radius 3 is 2.72 bits per heavy atom. The largest absolute Gasteiger partial charge is 0.496 e. The number of non-ortho nitro benzene ring substituents is 1. The molecule has 10 heteroatoms. The zero-order valence-electron chi connectivity index (χ0n) is 17.7. The van der Waals surface area contributed by atoms with Crippen LogP contribution in [0.25, 0.3) is 0 Å². The van der Waals surface area contributed by atoms with Crippen molar-refractivity contribution in [2.45, 2.75) is 25.9 Å². The summed E-state index contributed by atoms with van der Waals surface area (Å²) in [6.45, 7) is 2.14. The van der Waals surface area contributed by atoms with Crippen molar-refractivity contribution in [1.29, 1.82) is 0 Å². The molecule has 0 spiro atoms. The first-order chi connectivity index (χ1) is 15.3. The number of methoxy groups -OCH3 is 1. The molecule has 2 aromatic rings. The van der Waals surface area contributed by atoms with Crippen molar-refractivity contribution in [2.75, 3.05) is 31.8 Å². The summed E-state index contributed by atoms with van der Waals surface area (Å²) in [4.78, 5) is 37.3. The summed E-state index contributed by atoms with van der Waals surface area (Å²) in [6.07, 6.45) is 0.707. The fraction of sp³-hybridized carbons (Fsp3) is 0.364. The topological polar surface area (TPSA) is 108 Å². The predicted molar refractivity (Wildman–Crippen MR) is 117 cm³/mol. The first-order valence-corrected chi connectivity index (χ1v) is 10.4. The van der Waals surface area contributed by atoms with Gasteiger partial charge in [-0.05, 0) is 44.0 Å². The molecule has 9 nitrogen and oxygen atoms in total. The standard InChI is InChI=1S/C22H23ClN2O7/c1-3-31-21(26)13-32-19-5-4-10-24(18-9-6-14(23)11-17(18)19)22(27)16-8-7-15(25(28)29)12-20(16)30-2/h6-9,11-12,19H,3-5,10,13H2,1-2H3. The molecule has 0 N–H and O–H groups in total. The van der Waals surface area contributed by atoms with E-state index >= 15 is 0 Å². The molecule has 1 atom stereocenters. The lowest BCUT2D eigenvalue weighted by molar-refractivity contribution is -0.384. The molecule has 1 aliphatic rings. The molecule has 1 heterocycles. The molecule has 0 aliphatic carbocycles. The van der Waals surface area contributed by atoms with E-state index in [2.05, 4.69) is 0 Å². The van der Waals surface area contributed by atoms with Crippen molar-refractivity contribution in [1.82, 2.24) is 0 Å². The Morgan fingerprint density at radius 2 is 2.03 bits per heavy atom. The first kappa shape index (κ1) is 23.5. The highest BCUT2D eigenvalue weighted by atomic mass is 35.5. The lowest BCUT2D eigenvalue weighted by Gasteiger charge is -2.25. The van der Waals surface area contributed by atoms with Gasteiger partial charge in [0.05, 0.1) is 36.4 Å². The molecule has 0 saturated carbocycles. The lowest BCUT2D eigenvalue weighted by atomic mass is 10.0. The molecule has 0 fully saturated rings. The van der Waals surface area contributed by atoms with Crippen molar-refractivity contribution in [3.63, 3.8) is 0 Å². The van der Waals surface area contributed by atoms with Gasteiger partial charge in [0, 0.05) is 28.9 Å². The third-order valence-corrected chi connectivity index (χ3v) is 5.29. The van der Waals surface area contributed by atoms with Gasteiger partial charge in [-0.3, -0.25) is 14.9 Å². The van der Waals surface area contributed by atoms with E-state index in [0.29, 0.717) is 35.7 Å². The summed E-state index contributed by atoms with van der Waals surface area (Å²) in [5, 5.41) is 11.5. The van der Waals surface area contributed by atoms with Crippen LogP contribution in [-0.2, 0) is 14.3 Å². The van der Waals surface area contributed by atoms with Gasteiger partial charge >= 0.3 is 5.97 Å². The number of hydrogen-bond donors (Lipinski definition) is 0. The number of anilines is 1. The quantitative estimate of drug-likeness (QED) is 0.342. The number of nitro benzene ring substituents is 1. The van der Waals surface area contributed by atoms with Crippen LogP contribution in [0.4, 0.5) is 11.4 Å². The summed E-state index contributed by atoms with van der Waals surface area (Å²) >= 11 is 6.21. The van der Waals surface area contributed by atoms with E-state index in [0.717, 1.165) is 0 Å². The van der Waals surface area contributed by atoms with Crippen LogP contribution in [-0.4, -0.2) is 43.7 Å². The van der Waals surface area contributed by atoms with Crippen LogP contribution in [0.3, 0.4) is 0 Å². The maximum atomic E-state index is 13.4. The Labute approximate surface area is 190 Å². The minimum atomic E-state index is -0.550. The van der Waals surface area contributed by atoms with Crippen LogP contribution < -0.4 is 9.64 Å². The molecular weight excluding hydrogens is 440 g/mol. The van der Waals surface area contributed by atoms with Crippen molar-refractivity contribution < 1.29 is 28.7 Å². The molecular formula is C22H23ClN2O7. The summed E-state index contributed by atoms with van der Waals surface area (Å²) in [7, 11) is 1.35. The van der Waals surface area contributed by atoms with Gasteiger partial charge in [-0.2, -0.15) is 0 Å². The highest BCUT2D eigenvalue weighted by Crippen LogP contribution is 2.38. The van der Waals surface area contributed by atoms with Crippen LogP contribution >= 0.6 is 11.6 Å². The highest BCUT2D eigenvalue weighted by Gasteiger charge is 2.30. The van der Waals surface area contributed by atoms with Crippen LogP contribution in [0.5, 0.6) is 5.75 Å². The second-order valence-electron chi connectivity index (χ2n) is 7.05. The number of hydrogen-bond acceptors (Lipinski definition) is 7. The van der Waals surface area contributed by atoms with Gasteiger partial charge in [0.25, 0.3) is 11.6 Å². The number of esters is 1. The molecule has 32 heavy (non-hydrogen) atoms. The second kappa shape index (κ2) is 10.4. The molecule has 1 aliphatic heterocycles. The van der Waals surface area contributed by atoms with Gasteiger partial charge in [-0.15, -0.1) is 0 Å². The van der Waals surface area contributed by atoms with Crippen molar-refractivity contribution >= 4 is 34.9 Å². The Hall–Kier alpha value is -3.17. The number of rotatable bonds is 7. The Balaban J connectivity index is 1.95. The molecule has 0 radical (unpaired) electrons.